The summed E-state index contributed by atoms with van der Waals surface area (Å²) in [7, 11) is 0. The molecule has 4 nitrogen and oxygen atoms in total. The van der Waals surface area contributed by atoms with Crippen molar-refractivity contribution in [2.75, 3.05) is 13.2 Å². The summed E-state index contributed by atoms with van der Waals surface area (Å²) in [6.45, 7) is 2.10. The number of hydrogen-bond donors (Lipinski definition) is 0. The van der Waals surface area contributed by atoms with Crippen LogP contribution in [0.15, 0.2) is 46.4 Å². The van der Waals surface area contributed by atoms with Crippen molar-refractivity contribution in [3.05, 3.63) is 52.6 Å². The summed E-state index contributed by atoms with van der Waals surface area (Å²) < 4.78 is 10.7. The molecule has 1 amide bonds. The minimum absolute atomic E-state index is 0.0247. The Morgan fingerprint density at radius 3 is 2.86 bits per heavy atom. The van der Waals surface area contributed by atoms with Crippen LogP contribution < -0.4 is 0 Å². The third-order valence-electron chi connectivity index (χ3n) is 3.75. The topological polar surface area (TPSA) is 42.7 Å². The van der Waals surface area contributed by atoms with Crippen molar-refractivity contribution < 1.29 is 13.9 Å². The van der Waals surface area contributed by atoms with E-state index in [1.54, 1.807) is 29.8 Å². The van der Waals surface area contributed by atoms with Crippen molar-refractivity contribution in [3.63, 3.8) is 0 Å². The van der Waals surface area contributed by atoms with Gasteiger partial charge in [0.1, 0.15) is 5.76 Å². The molecule has 5 heteroatoms. The molecule has 2 aromatic heterocycles. The molecule has 0 aliphatic carbocycles. The zero-order valence-corrected chi connectivity index (χ0v) is 13.1. The lowest BCUT2D eigenvalue weighted by molar-refractivity contribution is -0.130. The second kappa shape index (κ2) is 7.42. The van der Waals surface area contributed by atoms with E-state index in [2.05, 4.69) is 6.07 Å². The lowest BCUT2D eigenvalue weighted by Crippen LogP contribution is -2.42. The number of hydrogen-bond acceptors (Lipinski definition) is 4. The molecule has 0 atom stereocenters. The van der Waals surface area contributed by atoms with Gasteiger partial charge in [-0.25, -0.2) is 0 Å². The molecular weight excluding hydrogens is 298 g/mol. The average Bonchev–Trinajstić information content (AvgIpc) is 3.24. The van der Waals surface area contributed by atoms with Crippen LogP contribution in [0.5, 0.6) is 0 Å². The maximum absolute atomic E-state index is 12.6. The molecule has 0 N–H and O–H groups in total. The summed E-state index contributed by atoms with van der Waals surface area (Å²) in [6.07, 6.45) is 6.72. The fraction of sp³-hybridized carbons (Fsp3) is 0.353. The van der Waals surface area contributed by atoms with Crippen molar-refractivity contribution in [2.45, 2.75) is 25.4 Å². The Balaban J connectivity index is 1.72. The van der Waals surface area contributed by atoms with Crippen LogP contribution in [0.4, 0.5) is 0 Å². The van der Waals surface area contributed by atoms with Crippen molar-refractivity contribution in [2.24, 2.45) is 0 Å². The van der Waals surface area contributed by atoms with E-state index in [4.69, 9.17) is 9.15 Å². The first-order valence-electron chi connectivity index (χ1n) is 7.45. The quantitative estimate of drug-likeness (QED) is 0.792. The van der Waals surface area contributed by atoms with E-state index in [1.165, 1.54) is 4.88 Å². The van der Waals surface area contributed by atoms with Gasteiger partial charge in [0, 0.05) is 30.2 Å². The van der Waals surface area contributed by atoms with Gasteiger partial charge in [0.2, 0.25) is 5.91 Å². The van der Waals surface area contributed by atoms with E-state index in [0.717, 1.165) is 26.1 Å². The SMILES string of the molecule is O=C(/C=C/c1ccco1)N(Cc1cccs1)C1CCOCC1. The molecule has 22 heavy (non-hydrogen) atoms. The summed E-state index contributed by atoms with van der Waals surface area (Å²) in [5.41, 5.74) is 0. The molecule has 0 bridgehead atoms. The molecule has 0 unspecified atom stereocenters. The number of amides is 1. The van der Waals surface area contributed by atoms with Crippen LogP contribution >= 0.6 is 11.3 Å². The summed E-state index contributed by atoms with van der Waals surface area (Å²) >= 11 is 1.68. The number of rotatable bonds is 5. The molecule has 2 aromatic rings. The van der Waals surface area contributed by atoms with Crippen LogP contribution in [0.25, 0.3) is 6.08 Å². The fourth-order valence-electron chi connectivity index (χ4n) is 2.59. The van der Waals surface area contributed by atoms with Crippen LogP contribution in [-0.2, 0) is 16.1 Å². The minimum atomic E-state index is 0.0247. The van der Waals surface area contributed by atoms with Gasteiger partial charge < -0.3 is 14.1 Å². The predicted octanol–water partition coefficient (Wildman–Crippen LogP) is 3.56. The van der Waals surface area contributed by atoms with E-state index in [1.807, 2.05) is 28.5 Å². The average molecular weight is 317 g/mol. The summed E-state index contributed by atoms with van der Waals surface area (Å²) in [4.78, 5) is 15.8. The zero-order valence-electron chi connectivity index (χ0n) is 12.3. The molecule has 3 rings (SSSR count). The zero-order chi connectivity index (χ0) is 15.2. The highest BCUT2D eigenvalue weighted by Gasteiger charge is 2.24. The van der Waals surface area contributed by atoms with Crippen LogP contribution in [0.2, 0.25) is 0 Å². The maximum Gasteiger partial charge on any atom is 0.247 e. The van der Waals surface area contributed by atoms with Crippen molar-refractivity contribution in [1.82, 2.24) is 4.90 Å². The second-order valence-corrected chi connectivity index (χ2v) is 6.27. The predicted molar refractivity (Wildman–Crippen MR) is 86.5 cm³/mol. The van der Waals surface area contributed by atoms with Crippen LogP contribution in [0.3, 0.4) is 0 Å². The molecule has 0 saturated carbocycles. The van der Waals surface area contributed by atoms with Gasteiger partial charge in [0.25, 0.3) is 0 Å². The van der Waals surface area contributed by atoms with Crippen molar-refractivity contribution in [1.29, 1.82) is 0 Å². The number of furan rings is 1. The lowest BCUT2D eigenvalue weighted by Gasteiger charge is -2.33. The Hall–Kier alpha value is -1.85. The first-order chi connectivity index (χ1) is 10.8. The Morgan fingerprint density at radius 2 is 2.18 bits per heavy atom. The molecule has 0 radical (unpaired) electrons. The van der Waals surface area contributed by atoms with E-state index in [0.29, 0.717) is 12.3 Å². The van der Waals surface area contributed by atoms with E-state index in [9.17, 15) is 4.79 Å². The second-order valence-electron chi connectivity index (χ2n) is 5.24. The fourth-order valence-corrected chi connectivity index (χ4v) is 3.29. The third kappa shape index (κ3) is 3.87. The lowest BCUT2D eigenvalue weighted by atomic mass is 10.1. The van der Waals surface area contributed by atoms with Crippen molar-refractivity contribution >= 4 is 23.3 Å². The van der Waals surface area contributed by atoms with Gasteiger partial charge in [-0.15, -0.1) is 11.3 Å². The number of thiophene rings is 1. The monoisotopic (exact) mass is 317 g/mol. The molecule has 116 valence electrons. The number of carbonyl (C=O) groups is 1. The smallest absolute Gasteiger partial charge is 0.247 e. The summed E-state index contributed by atoms with van der Waals surface area (Å²) in [5.74, 6) is 0.716. The van der Waals surface area contributed by atoms with Gasteiger partial charge >= 0.3 is 0 Å². The van der Waals surface area contributed by atoms with Gasteiger partial charge in [-0.3, -0.25) is 4.79 Å². The number of carbonyl (C=O) groups excluding carboxylic acids is 1. The first-order valence-corrected chi connectivity index (χ1v) is 8.33. The standard InChI is InChI=1S/C17H19NO3S/c19-17(6-5-15-3-1-9-21-15)18(13-16-4-2-12-22-16)14-7-10-20-11-8-14/h1-6,9,12,14H,7-8,10-11,13H2/b6-5+. The van der Waals surface area contributed by atoms with E-state index < -0.39 is 0 Å². The van der Waals surface area contributed by atoms with Gasteiger partial charge in [-0.05, 0) is 42.5 Å². The highest BCUT2D eigenvalue weighted by molar-refractivity contribution is 7.09. The minimum Gasteiger partial charge on any atom is -0.465 e. The Labute approximate surface area is 134 Å². The molecule has 1 saturated heterocycles. The molecular formula is C17H19NO3S. The Kier molecular flexibility index (Phi) is 5.08. The van der Waals surface area contributed by atoms with Gasteiger partial charge in [-0.1, -0.05) is 6.07 Å². The number of ether oxygens (including phenoxy) is 1. The van der Waals surface area contributed by atoms with Gasteiger partial charge in [0.15, 0.2) is 0 Å². The summed E-state index contributed by atoms with van der Waals surface area (Å²) in [6, 6.07) is 7.98. The van der Waals surface area contributed by atoms with Crippen molar-refractivity contribution in [3.8, 4) is 0 Å². The first kappa shape index (κ1) is 15.1. The molecule has 1 aliphatic rings. The van der Waals surface area contributed by atoms with E-state index in [-0.39, 0.29) is 11.9 Å². The normalized spacial score (nSPS) is 16.2. The molecule has 3 heterocycles. The Morgan fingerprint density at radius 1 is 1.32 bits per heavy atom. The number of nitrogens with zero attached hydrogens (tertiary/aromatic N) is 1. The maximum atomic E-state index is 12.6. The summed E-state index contributed by atoms with van der Waals surface area (Å²) in [5, 5.41) is 2.04. The Bertz CT molecular complexity index is 598. The molecule has 1 aliphatic heterocycles. The third-order valence-corrected chi connectivity index (χ3v) is 4.62. The van der Waals surface area contributed by atoms with Crippen LogP contribution in [0, 0.1) is 0 Å². The van der Waals surface area contributed by atoms with Gasteiger partial charge in [-0.2, -0.15) is 0 Å². The molecule has 0 spiro atoms. The molecule has 1 fully saturated rings. The largest absolute Gasteiger partial charge is 0.465 e. The molecule has 0 aromatic carbocycles. The van der Waals surface area contributed by atoms with Gasteiger partial charge in [0.05, 0.1) is 12.8 Å². The highest BCUT2D eigenvalue weighted by atomic mass is 32.1. The van der Waals surface area contributed by atoms with Crippen LogP contribution in [-0.4, -0.2) is 30.1 Å². The van der Waals surface area contributed by atoms with Crippen LogP contribution in [0.1, 0.15) is 23.5 Å². The van der Waals surface area contributed by atoms with E-state index >= 15 is 0 Å². The highest BCUT2D eigenvalue weighted by Crippen LogP contribution is 2.20.